The highest BCUT2D eigenvalue weighted by Gasteiger charge is 2.53. The second-order valence-corrected chi connectivity index (χ2v) is 6.67. The number of hydrogen-bond acceptors (Lipinski definition) is 3. The zero-order valence-corrected chi connectivity index (χ0v) is 11.2. The van der Waals surface area contributed by atoms with Crippen molar-refractivity contribution in [2.75, 3.05) is 13.1 Å². The Morgan fingerprint density at radius 1 is 1.25 bits per heavy atom. The quantitative estimate of drug-likeness (QED) is 0.780. The molecule has 3 nitrogen and oxygen atoms in total. The molecule has 1 atom stereocenters. The van der Waals surface area contributed by atoms with Gasteiger partial charge in [-0.1, -0.05) is 6.92 Å². The molecule has 0 aliphatic carbocycles. The zero-order valence-electron chi connectivity index (χ0n) is 11.2. The Morgan fingerprint density at radius 2 is 1.81 bits per heavy atom. The number of rotatable bonds is 2. The molecule has 2 heterocycles. The third kappa shape index (κ3) is 2.01. The van der Waals surface area contributed by atoms with Gasteiger partial charge in [-0.05, 0) is 40.5 Å². The minimum atomic E-state index is -0.442. The van der Waals surface area contributed by atoms with Crippen molar-refractivity contribution >= 4 is 0 Å². The van der Waals surface area contributed by atoms with Crippen molar-refractivity contribution < 1.29 is 9.84 Å². The summed E-state index contributed by atoms with van der Waals surface area (Å²) in [7, 11) is 0. The molecule has 94 valence electrons. The lowest BCUT2D eigenvalue weighted by atomic mass is 9.84. The fourth-order valence-electron chi connectivity index (χ4n) is 3.26. The van der Waals surface area contributed by atoms with Crippen molar-refractivity contribution in [1.29, 1.82) is 0 Å². The van der Waals surface area contributed by atoms with Crippen molar-refractivity contribution in [1.82, 2.24) is 4.90 Å². The molecule has 0 aromatic rings. The Labute approximate surface area is 98.8 Å². The molecule has 0 radical (unpaired) electrons. The third-order valence-electron chi connectivity index (χ3n) is 4.12. The van der Waals surface area contributed by atoms with Gasteiger partial charge >= 0.3 is 0 Å². The number of likely N-dealkylation sites (tertiary alicyclic amines) is 1. The molecule has 0 bridgehead atoms. The van der Waals surface area contributed by atoms with Gasteiger partial charge in [-0.3, -0.25) is 4.90 Å². The van der Waals surface area contributed by atoms with E-state index in [4.69, 9.17) is 4.74 Å². The van der Waals surface area contributed by atoms with Gasteiger partial charge in [-0.25, -0.2) is 0 Å². The van der Waals surface area contributed by atoms with Crippen LogP contribution in [0.15, 0.2) is 0 Å². The summed E-state index contributed by atoms with van der Waals surface area (Å²) in [6, 6.07) is 0.439. The Bertz CT molecular complexity index is 280. The maximum absolute atomic E-state index is 10.1. The lowest BCUT2D eigenvalue weighted by molar-refractivity contribution is -0.144. The van der Waals surface area contributed by atoms with Crippen molar-refractivity contribution in [3.63, 3.8) is 0 Å². The van der Waals surface area contributed by atoms with Crippen molar-refractivity contribution in [2.45, 2.75) is 70.3 Å². The molecular formula is C13H25NO2. The molecule has 0 aromatic carbocycles. The highest BCUT2D eigenvalue weighted by atomic mass is 16.5. The van der Waals surface area contributed by atoms with Gasteiger partial charge in [0.2, 0.25) is 0 Å². The Morgan fingerprint density at radius 3 is 2.19 bits per heavy atom. The predicted molar refractivity (Wildman–Crippen MR) is 64.5 cm³/mol. The smallest absolute Gasteiger partial charge is 0.0897 e. The average Bonchev–Trinajstić information content (AvgIpc) is 2.28. The van der Waals surface area contributed by atoms with Crippen LogP contribution in [0.1, 0.15) is 47.5 Å². The minimum Gasteiger partial charge on any atom is -0.387 e. The molecule has 0 spiro atoms. The van der Waals surface area contributed by atoms with E-state index in [0.29, 0.717) is 6.04 Å². The van der Waals surface area contributed by atoms with Crippen molar-refractivity contribution in [3.8, 4) is 0 Å². The molecule has 2 saturated heterocycles. The SMILES string of the molecule is CCC1(O)CN(C2CC(C)(C)OC2(C)C)C1. The fourth-order valence-corrected chi connectivity index (χ4v) is 3.26. The predicted octanol–water partition coefficient (Wildman–Crippen LogP) is 1.79. The van der Waals surface area contributed by atoms with Crippen LogP contribution in [0.4, 0.5) is 0 Å². The minimum absolute atomic E-state index is 0.0336. The topological polar surface area (TPSA) is 32.7 Å². The van der Waals surface area contributed by atoms with Crippen LogP contribution in [0.2, 0.25) is 0 Å². The van der Waals surface area contributed by atoms with Crippen LogP contribution in [0, 0.1) is 0 Å². The van der Waals surface area contributed by atoms with Gasteiger partial charge in [0.15, 0.2) is 0 Å². The van der Waals surface area contributed by atoms with Gasteiger partial charge in [-0.2, -0.15) is 0 Å². The average molecular weight is 227 g/mol. The van der Waals surface area contributed by atoms with Crippen LogP contribution < -0.4 is 0 Å². The van der Waals surface area contributed by atoms with Crippen molar-refractivity contribution in [2.24, 2.45) is 0 Å². The number of nitrogens with zero attached hydrogens (tertiary/aromatic N) is 1. The summed E-state index contributed by atoms with van der Waals surface area (Å²) in [6.07, 6.45) is 1.90. The lowest BCUT2D eigenvalue weighted by Crippen LogP contribution is -2.66. The molecule has 16 heavy (non-hydrogen) atoms. The summed E-state index contributed by atoms with van der Waals surface area (Å²) in [6.45, 7) is 12.3. The van der Waals surface area contributed by atoms with E-state index in [-0.39, 0.29) is 11.2 Å². The van der Waals surface area contributed by atoms with E-state index in [2.05, 4.69) is 39.5 Å². The lowest BCUT2D eigenvalue weighted by Gasteiger charge is -2.51. The molecule has 0 amide bonds. The van der Waals surface area contributed by atoms with Crippen LogP contribution in [0.25, 0.3) is 0 Å². The molecule has 1 N–H and O–H groups in total. The van der Waals surface area contributed by atoms with Crippen LogP contribution in [0.5, 0.6) is 0 Å². The molecule has 1 unspecified atom stereocenters. The van der Waals surface area contributed by atoms with Gasteiger partial charge in [0.05, 0.1) is 16.8 Å². The molecule has 2 fully saturated rings. The first-order valence-electron chi connectivity index (χ1n) is 6.34. The molecular weight excluding hydrogens is 202 g/mol. The summed E-state index contributed by atoms with van der Waals surface area (Å²) >= 11 is 0. The van der Waals surface area contributed by atoms with E-state index in [0.717, 1.165) is 25.9 Å². The van der Waals surface area contributed by atoms with Crippen LogP contribution in [-0.4, -0.2) is 45.9 Å². The molecule has 2 aliphatic rings. The van der Waals surface area contributed by atoms with Gasteiger partial charge < -0.3 is 9.84 Å². The summed E-state index contributed by atoms with van der Waals surface area (Å²) in [5.41, 5.74) is -0.574. The number of β-amino-alcohol motifs (C(OH)–C–C–N with tert-alkyl or cyclic N) is 1. The summed E-state index contributed by atoms with van der Waals surface area (Å²) in [4.78, 5) is 2.37. The largest absolute Gasteiger partial charge is 0.387 e. The number of ether oxygens (including phenoxy) is 1. The molecule has 2 aliphatic heterocycles. The van der Waals surface area contributed by atoms with Gasteiger partial charge in [0.25, 0.3) is 0 Å². The van der Waals surface area contributed by atoms with E-state index < -0.39 is 5.60 Å². The van der Waals surface area contributed by atoms with E-state index in [1.54, 1.807) is 0 Å². The van der Waals surface area contributed by atoms with E-state index in [1.807, 2.05) is 0 Å². The molecule has 0 saturated carbocycles. The van der Waals surface area contributed by atoms with E-state index in [1.165, 1.54) is 0 Å². The fraction of sp³-hybridized carbons (Fsp3) is 1.00. The standard InChI is InChI=1S/C13H25NO2/c1-6-13(15)8-14(9-13)10-7-11(2,3)16-12(10,4)5/h10,15H,6-9H2,1-5H3. The van der Waals surface area contributed by atoms with Gasteiger partial charge in [-0.15, -0.1) is 0 Å². The highest BCUT2D eigenvalue weighted by Crippen LogP contribution is 2.43. The van der Waals surface area contributed by atoms with Crippen molar-refractivity contribution in [3.05, 3.63) is 0 Å². The van der Waals surface area contributed by atoms with Crippen LogP contribution in [0.3, 0.4) is 0 Å². The van der Waals surface area contributed by atoms with E-state index in [9.17, 15) is 5.11 Å². The number of aliphatic hydroxyl groups is 1. The molecule has 0 aromatic heterocycles. The second-order valence-electron chi connectivity index (χ2n) is 6.67. The van der Waals surface area contributed by atoms with Gasteiger partial charge in [0, 0.05) is 19.1 Å². The number of hydrogen-bond donors (Lipinski definition) is 1. The first kappa shape index (κ1) is 12.3. The first-order valence-corrected chi connectivity index (χ1v) is 6.34. The van der Waals surface area contributed by atoms with Crippen LogP contribution in [-0.2, 0) is 4.74 Å². The maximum atomic E-state index is 10.1. The highest BCUT2D eigenvalue weighted by molar-refractivity contribution is 5.06. The molecule has 3 heteroatoms. The monoisotopic (exact) mass is 227 g/mol. The summed E-state index contributed by atoms with van der Waals surface area (Å²) in [5.74, 6) is 0. The zero-order chi connectivity index (χ0) is 12.2. The Kier molecular flexibility index (Phi) is 2.65. The second kappa shape index (κ2) is 3.44. The Balaban J connectivity index is 2.02. The molecule has 2 rings (SSSR count). The third-order valence-corrected chi connectivity index (χ3v) is 4.12. The van der Waals surface area contributed by atoms with E-state index >= 15 is 0 Å². The first-order chi connectivity index (χ1) is 7.18. The van der Waals surface area contributed by atoms with Gasteiger partial charge in [0.1, 0.15) is 0 Å². The van der Waals surface area contributed by atoms with Crippen LogP contribution >= 0.6 is 0 Å². The summed E-state index contributed by atoms with van der Waals surface area (Å²) in [5, 5.41) is 10.1. The Hall–Kier alpha value is -0.120. The maximum Gasteiger partial charge on any atom is 0.0897 e. The normalized spacial score (nSPS) is 36.0. The summed E-state index contributed by atoms with van der Waals surface area (Å²) < 4.78 is 6.08.